The average molecular weight is 447 g/mol. The Morgan fingerprint density at radius 3 is 2.63 bits per heavy atom. The highest BCUT2D eigenvalue weighted by Crippen LogP contribution is 2.19. The molecule has 0 heterocycles. The lowest BCUT2D eigenvalue weighted by molar-refractivity contribution is -0.138. The first-order chi connectivity index (χ1) is 14.4. The molecule has 2 rings (SSSR count). The van der Waals surface area contributed by atoms with E-state index in [1.165, 1.54) is 11.8 Å². The second-order valence-corrected chi connectivity index (χ2v) is 8.81. The van der Waals surface area contributed by atoms with Crippen LogP contribution in [-0.2, 0) is 21.9 Å². The molecule has 1 N–H and O–H groups in total. The highest BCUT2D eigenvalue weighted by atomic mass is 35.5. The number of nitrogens with zero attached hydrogens (tertiary/aromatic N) is 1. The minimum Gasteiger partial charge on any atom is -0.354 e. The number of unbranched alkanes of at least 4 members (excludes halogenated alkanes) is 1. The van der Waals surface area contributed by atoms with Gasteiger partial charge in [0.15, 0.2) is 0 Å². The standard InChI is InChI=1S/C24H31ClN2O2S/c1-4-5-13-26-24(29)19(3)27(15-21-11-7-6-9-18(21)2)23(28)17-30-16-20-10-8-12-22(25)14-20/h6-12,14,19H,4-5,13,15-17H2,1-3H3,(H,26,29)/t19-/m1/s1. The number of nitrogens with one attached hydrogen (secondary N) is 1. The molecule has 0 saturated carbocycles. The van der Waals surface area contributed by atoms with Crippen molar-refractivity contribution < 1.29 is 9.59 Å². The van der Waals surface area contributed by atoms with Gasteiger partial charge < -0.3 is 10.2 Å². The van der Waals surface area contributed by atoms with Gasteiger partial charge in [0.1, 0.15) is 6.04 Å². The smallest absolute Gasteiger partial charge is 0.242 e. The Morgan fingerprint density at radius 2 is 1.93 bits per heavy atom. The molecule has 0 fully saturated rings. The van der Waals surface area contributed by atoms with Crippen molar-refractivity contribution in [1.82, 2.24) is 10.2 Å². The monoisotopic (exact) mass is 446 g/mol. The molecule has 0 spiro atoms. The summed E-state index contributed by atoms with van der Waals surface area (Å²) < 4.78 is 0. The van der Waals surface area contributed by atoms with Crippen LogP contribution < -0.4 is 5.32 Å². The van der Waals surface area contributed by atoms with Gasteiger partial charge in [-0.15, -0.1) is 11.8 Å². The highest BCUT2D eigenvalue weighted by molar-refractivity contribution is 7.99. The third kappa shape index (κ3) is 7.69. The van der Waals surface area contributed by atoms with Gasteiger partial charge in [-0.3, -0.25) is 9.59 Å². The van der Waals surface area contributed by atoms with Gasteiger partial charge in [0.05, 0.1) is 5.75 Å². The predicted molar refractivity (Wildman–Crippen MR) is 127 cm³/mol. The first-order valence-corrected chi connectivity index (χ1v) is 11.9. The van der Waals surface area contributed by atoms with E-state index in [-0.39, 0.29) is 11.8 Å². The molecule has 162 valence electrons. The van der Waals surface area contributed by atoms with Crippen LogP contribution in [0.3, 0.4) is 0 Å². The normalized spacial score (nSPS) is 11.7. The van der Waals surface area contributed by atoms with Crippen molar-refractivity contribution in [2.45, 2.75) is 52.0 Å². The van der Waals surface area contributed by atoms with Crippen LogP contribution in [0.15, 0.2) is 48.5 Å². The van der Waals surface area contributed by atoms with Crippen molar-refractivity contribution in [3.63, 3.8) is 0 Å². The SMILES string of the molecule is CCCCNC(=O)[C@@H](C)N(Cc1ccccc1C)C(=O)CSCc1cccc(Cl)c1. The number of carbonyl (C=O) groups excluding carboxylic acids is 2. The van der Waals surface area contributed by atoms with E-state index in [0.717, 1.165) is 29.5 Å². The number of aryl methyl sites for hydroxylation is 1. The zero-order chi connectivity index (χ0) is 21.9. The minimum atomic E-state index is -0.527. The first-order valence-electron chi connectivity index (χ1n) is 10.4. The molecule has 0 radical (unpaired) electrons. The molecule has 2 aromatic rings. The van der Waals surface area contributed by atoms with Gasteiger partial charge in [0.25, 0.3) is 0 Å². The van der Waals surface area contributed by atoms with Crippen molar-refractivity contribution in [3.8, 4) is 0 Å². The van der Waals surface area contributed by atoms with Crippen LogP contribution in [-0.4, -0.2) is 35.1 Å². The van der Waals surface area contributed by atoms with E-state index in [2.05, 4.69) is 12.2 Å². The quantitative estimate of drug-likeness (QED) is 0.481. The molecule has 30 heavy (non-hydrogen) atoms. The lowest BCUT2D eigenvalue weighted by Crippen LogP contribution is -2.48. The lowest BCUT2D eigenvalue weighted by atomic mass is 10.1. The molecule has 0 aliphatic rings. The molecule has 1 atom stereocenters. The highest BCUT2D eigenvalue weighted by Gasteiger charge is 2.26. The van der Waals surface area contributed by atoms with Crippen LogP contribution in [0, 0.1) is 6.92 Å². The third-order valence-corrected chi connectivity index (χ3v) is 6.21. The Balaban J connectivity index is 2.05. The van der Waals surface area contributed by atoms with E-state index in [4.69, 9.17) is 11.6 Å². The largest absolute Gasteiger partial charge is 0.354 e. The van der Waals surface area contributed by atoms with Crippen LogP contribution in [0.4, 0.5) is 0 Å². The summed E-state index contributed by atoms with van der Waals surface area (Å²) in [5, 5.41) is 3.65. The number of hydrogen-bond acceptors (Lipinski definition) is 3. The Bertz CT molecular complexity index is 843. The van der Waals surface area contributed by atoms with E-state index in [9.17, 15) is 9.59 Å². The van der Waals surface area contributed by atoms with E-state index < -0.39 is 6.04 Å². The van der Waals surface area contributed by atoms with Crippen LogP contribution in [0.5, 0.6) is 0 Å². The number of thioether (sulfide) groups is 1. The van der Waals surface area contributed by atoms with Crippen molar-refractivity contribution in [2.75, 3.05) is 12.3 Å². The van der Waals surface area contributed by atoms with Crippen LogP contribution >= 0.6 is 23.4 Å². The Labute approximate surface area is 189 Å². The van der Waals surface area contributed by atoms with Crippen molar-refractivity contribution in [3.05, 3.63) is 70.2 Å². The molecular formula is C24H31ClN2O2S. The van der Waals surface area contributed by atoms with Crippen molar-refractivity contribution >= 4 is 35.2 Å². The number of hydrogen-bond donors (Lipinski definition) is 1. The number of rotatable bonds is 11. The maximum absolute atomic E-state index is 13.1. The second kappa shape index (κ2) is 12.7. The van der Waals surface area contributed by atoms with Crippen molar-refractivity contribution in [1.29, 1.82) is 0 Å². The molecule has 0 bridgehead atoms. The van der Waals surface area contributed by atoms with Crippen molar-refractivity contribution in [2.24, 2.45) is 0 Å². The molecule has 0 aromatic heterocycles. The topological polar surface area (TPSA) is 49.4 Å². The summed E-state index contributed by atoms with van der Waals surface area (Å²) in [4.78, 5) is 27.4. The van der Waals surface area contributed by atoms with Gasteiger partial charge in [0.2, 0.25) is 11.8 Å². The Hall–Kier alpha value is -1.98. The molecule has 2 amide bonds. The molecular weight excluding hydrogens is 416 g/mol. The van der Waals surface area contributed by atoms with E-state index in [0.29, 0.717) is 29.6 Å². The number of carbonyl (C=O) groups is 2. The number of benzene rings is 2. The average Bonchev–Trinajstić information content (AvgIpc) is 2.72. The number of amides is 2. The molecule has 0 aliphatic carbocycles. The van der Waals surface area contributed by atoms with E-state index in [1.807, 2.05) is 55.5 Å². The molecule has 6 heteroatoms. The fraction of sp³-hybridized carbons (Fsp3) is 0.417. The Morgan fingerprint density at radius 1 is 1.17 bits per heavy atom. The van der Waals surface area contributed by atoms with Gasteiger partial charge in [-0.25, -0.2) is 0 Å². The van der Waals surface area contributed by atoms with Gasteiger partial charge in [-0.2, -0.15) is 0 Å². The summed E-state index contributed by atoms with van der Waals surface area (Å²) in [5.74, 6) is 0.862. The zero-order valence-electron chi connectivity index (χ0n) is 18.0. The molecule has 0 unspecified atom stereocenters. The lowest BCUT2D eigenvalue weighted by Gasteiger charge is -2.29. The minimum absolute atomic E-state index is 0.0385. The summed E-state index contributed by atoms with van der Waals surface area (Å²) in [5.41, 5.74) is 3.25. The van der Waals surface area contributed by atoms with Gasteiger partial charge >= 0.3 is 0 Å². The van der Waals surface area contributed by atoms with Gasteiger partial charge in [-0.1, -0.05) is 61.3 Å². The first kappa shape index (κ1) is 24.3. The van der Waals surface area contributed by atoms with Crippen LogP contribution in [0.25, 0.3) is 0 Å². The summed E-state index contributed by atoms with van der Waals surface area (Å²) in [6, 6.07) is 15.1. The Kier molecular flexibility index (Phi) is 10.2. The molecule has 0 saturated heterocycles. The maximum Gasteiger partial charge on any atom is 0.242 e. The third-order valence-electron chi connectivity index (χ3n) is 4.98. The summed E-state index contributed by atoms with van der Waals surface area (Å²) in [7, 11) is 0. The molecule has 0 aliphatic heterocycles. The summed E-state index contributed by atoms with van der Waals surface area (Å²) >= 11 is 7.58. The van der Waals surface area contributed by atoms with E-state index >= 15 is 0 Å². The van der Waals surface area contributed by atoms with Crippen LogP contribution in [0.1, 0.15) is 43.4 Å². The fourth-order valence-corrected chi connectivity index (χ4v) is 4.13. The zero-order valence-corrected chi connectivity index (χ0v) is 19.6. The van der Waals surface area contributed by atoms with Gasteiger partial charge in [0, 0.05) is 23.9 Å². The van der Waals surface area contributed by atoms with Gasteiger partial charge in [-0.05, 0) is 49.1 Å². The fourth-order valence-electron chi connectivity index (χ4n) is 3.06. The number of halogens is 1. The summed E-state index contributed by atoms with van der Waals surface area (Å²) in [6.07, 6.45) is 1.94. The molecule has 2 aromatic carbocycles. The van der Waals surface area contributed by atoms with Crippen LogP contribution in [0.2, 0.25) is 5.02 Å². The second-order valence-electron chi connectivity index (χ2n) is 7.39. The molecule has 4 nitrogen and oxygen atoms in total. The van der Waals surface area contributed by atoms with E-state index in [1.54, 1.807) is 11.8 Å². The summed E-state index contributed by atoms with van der Waals surface area (Å²) in [6.45, 7) is 6.97. The maximum atomic E-state index is 13.1. The predicted octanol–water partition coefficient (Wildman–Crippen LogP) is 5.22.